The van der Waals surface area contributed by atoms with Gasteiger partial charge in [-0.2, -0.15) is 0 Å². The summed E-state index contributed by atoms with van der Waals surface area (Å²) in [6.45, 7) is 0. The molecule has 0 spiro atoms. The topological polar surface area (TPSA) is 20.2 Å². The van der Waals surface area contributed by atoms with Gasteiger partial charge in [0.2, 0.25) is 0 Å². The highest BCUT2D eigenvalue weighted by Crippen LogP contribution is 2.17. The van der Waals surface area contributed by atoms with Gasteiger partial charge >= 0.3 is 0 Å². The summed E-state index contributed by atoms with van der Waals surface area (Å²) < 4.78 is 0. The van der Waals surface area contributed by atoms with Crippen molar-refractivity contribution in [2.75, 3.05) is 0 Å². The van der Waals surface area contributed by atoms with Gasteiger partial charge in [0, 0.05) is 0 Å². The molecule has 0 fully saturated rings. The van der Waals surface area contributed by atoms with E-state index in [1.807, 2.05) is 24.3 Å². The van der Waals surface area contributed by atoms with Gasteiger partial charge in [-0.3, -0.25) is 0 Å². The van der Waals surface area contributed by atoms with Gasteiger partial charge in [-0.05, 0) is 22.9 Å². The Hall–Kier alpha value is -1.44. The molecule has 0 atom stereocenters. The Labute approximate surface area is 72.1 Å². The highest BCUT2D eigenvalue weighted by Gasteiger charge is 1.93. The van der Waals surface area contributed by atoms with Gasteiger partial charge in [-0.1, -0.05) is 29.7 Å². The Morgan fingerprint density at radius 3 is 2.50 bits per heavy atom. The lowest BCUT2D eigenvalue weighted by atomic mass is 9.93. The molecule has 0 aliphatic carbocycles. The molecule has 1 N–H and O–H groups in total. The number of phenols is 1. The molecule has 0 amide bonds. The van der Waals surface area contributed by atoms with E-state index in [1.165, 1.54) is 0 Å². The molecule has 0 saturated heterocycles. The third kappa shape index (κ3) is 1.16. The van der Waals surface area contributed by atoms with Gasteiger partial charge in [0.05, 0.1) is 0 Å². The van der Waals surface area contributed by atoms with E-state index in [1.54, 1.807) is 12.1 Å². The Morgan fingerprint density at radius 1 is 0.917 bits per heavy atom. The van der Waals surface area contributed by atoms with Crippen molar-refractivity contribution in [3.63, 3.8) is 0 Å². The Morgan fingerprint density at radius 2 is 1.67 bits per heavy atom. The first-order chi connectivity index (χ1) is 5.75. The fraction of sp³-hybridized carbons (Fsp3) is 0. The molecule has 0 bridgehead atoms. The van der Waals surface area contributed by atoms with Crippen molar-refractivity contribution in [2.45, 2.75) is 0 Å². The highest BCUT2D eigenvalue weighted by atomic mass is 16.3. The van der Waals surface area contributed by atoms with Crippen molar-refractivity contribution < 1.29 is 5.11 Å². The van der Waals surface area contributed by atoms with Crippen molar-refractivity contribution in [1.29, 1.82) is 0 Å². The lowest BCUT2D eigenvalue weighted by Crippen LogP contribution is -1.99. The molecule has 0 aromatic heterocycles. The number of hydrogen-bond acceptors (Lipinski definition) is 1. The van der Waals surface area contributed by atoms with E-state index in [0.29, 0.717) is 5.46 Å². The average molecular weight is 154 g/mol. The molecule has 0 heterocycles. The van der Waals surface area contributed by atoms with Crippen molar-refractivity contribution in [1.82, 2.24) is 0 Å². The number of rotatable bonds is 0. The fourth-order valence-electron chi connectivity index (χ4n) is 1.25. The zero-order valence-corrected chi connectivity index (χ0v) is 6.49. The third-order valence-electron chi connectivity index (χ3n) is 1.85. The van der Waals surface area contributed by atoms with Gasteiger partial charge in [0.25, 0.3) is 0 Å². The number of fused-ring (bicyclic) bond motifs is 1. The van der Waals surface area contributed by atoms with Crippen LogP contribution in [-0.4, -0.2) is 13.0 Å². The molecule has 56 valence electrons. The van der Waals surface area contributed by atoms with Crippen LogP contribution in [0, 0.1) is 0 Å². The van der Waals surface area contributed by atoms with E-state index < -0.39 is 0 Å². The molecular weight excluding hydrogens is 147 g/mol. The Bertz CT molecular complexity index is 386. The molecule has 0 saturated carbocycles. The van der Waals surface area contributed by atoms with Gasteiger partial charge in [0.1, 0.15) is 13.6 Å². The van der Waals surface area contributed by atoms with Crippen LogP contribution in [-0.2, 0) is 0 Å². The van der Waals surface area contributed by atoms with Gasteiger partial charge in [0.15, 0.2) is 0 Å². The van der Waals surface area contributed by atoms with E-state index >= 15 is 0 Å². The maximum Gasteiger partial charge on any atom is 0.116 e. The van der Waals surface area contributed by atoms with Crippen LogP contribution >= 0.6 is 0 Å². The molecule has 2 aromatic carbocycles. The third-order valence-corrected chi connectivity index (χ3v) is 1.85. The molecular formula is C10H7BO. The summed E-state index contributed by atoms with van der Waals surface area (Å²) in [5.74, 6) is 0.271. The first kappa shape index (κ1) is 7.23. The Kier molecular flexibility index (Phi) is 1.54. The van der Waals surface area contributed by atoms with Crippen molar-refractivity contribution in [2.24, 2.45) is 0 Å². The average Bonchev–Trinajstić information content (AvgIpc) is 2.03. The molecule has 1 nitrogen and oxygen atoms in total. The van der Waals surface area contributed by atoms with Gasteiger partial charge < -0.3 is 5.11 Å². The second kappa shape index (κ2) is 2.56. The molecule has 0 aliphatic rings. The maximum absolute atomic E-state index is 9.18. The van der Waals surface area contributed by atoms with E-state index in [-0.39, 0.29) is 5.75 Å². The summed E-state index contributed by atoms with van der Waals surface area (Å²) in [5.41, 5.74) is 0.716. The van der Waals surface area contributed by atoms with Crippen LogP contribution in [0.1, 0.15) is 0 Å². The van der Waals surface area contributed by atoms with E-state index in [4.69, 9.17) is 7.85 Å². The number of benzene rings is 2. The summed E-state index contributed by atoms with van der Waals surface area (Å²) in [6.07, 6.45) is 0. The number of hydrogen-bond donors (Lipinski definition) is 1. The largest absolute Gasteiger partial charge is 0.508 e. The van der Waals surface area contributed by atoms with Crippen molar-refractivity contribution >= 4 is 24.1 Å². The summed E-state index contributed by atoms with van der Waals surface area (Å²) in [5, 5.41) is 11.2. The minimum Gasteiger partial charge on any atom is -0.508 e. The lowest BCUT2D eigenvalue weighted by Gasteiger charge is -1.99. The minimum absolute atomic E-state index is 0.271. The lowest BCUT2D eigenvalue weighted by molar-refractivity contribution is 0.476. The molecule has 12 heavy (non-hydrogen) atoms. The smallest absolute Gasteiger partial charge is 0.116 e. The first-order valence-electron chi connectivity index (χ1n) is 3.74. The van der Waals surface area contributed by atoms with Crippen LogP contribution in [0.15, 0.2) is 36.4 Å². The zero-order chi connectivity index (χ0) is 8.55. The first-order valence-corrected chi connectivity index (χ1v) is 3.74. The minimum atomic E-state index is 0.271. The molecule has 2 heteroatoms. The SMILES string of the molecule is [B]c1ccc2ccc(O)cc2c1. The molecule has 0 aliphatic heterocycles. The van der Waals surface area contributed by atoms with Crippen LogP contribution < -0.4 is 5.46 Å². The fourth-order valence-corrected chi connectivity index (χ4v) is 1.25. The standard InChI is InChI=1S/C10H7BO/c11-9-3-1-7-2-4-10(12)6-8(7)5-9/h1-6,12H. The van der Waals surface area contributed by atoms with E-state index in [0.717, 1.165) is 10.8 Å². The summed E-state index contributed by atoms with van der Waals surface area (Å²) >= 11 is 0. The maximum atomic E-state index is 9.18. The molecule has 0 unspecified atom stereocenters. The van der Waals surface area contributed by atoms with E-state index in [2.05, 4.69) is 0 Å². The summed E-state index contributed by atoms with van der Waals surface area (Å²) in [7, 11) is 5.59. The van der Waals surface area contributed by atoms with Crippen LogP contribution in [0.25, 0.3) is 10.8 Å². The predicted octanol–water partition coefficient (Wildman–Crippen LogP) is 1.34. The molecule has 2 rings (SSSR count). The normalized spacial score (nSPS) is 10.3. The van der Waals surface area contributed by atoms with Crippen molar-refractivity contribution in [3.8, 4) is 5.75 Å². The van der Waals surface area contributed by atoms with Crippen molar-refractivity contribution in [3.05, 3.63) is 36.4 Å². The summed E-state index contributed by atoms with van der Waals surface area (Å²) in [4.78, 5) is 0. The quantitative estimate of drug-likeness (QED) is 0.567. The van der Waals surface area contributed by atoms with E-state index in [9.17, 15) is 5.11 Å². The van der Waals surface area contributed by atoms with Crippen LogP contribution in [0.4, 0.5) is 0 Å². The summed E-state index contributed by atoms with van der Waals surface area (Å²) in [6, 6.07) is 10.9. The van der Waals surface area contributed by atoms with Crippen LogP contribution in [0.3, 0.4) is 0 Å². The predicted molar refractivity (Wildman–Crippen MR) is 51.0 cm³/mol. The Balaban J connectivity index is 2.80. The van der Waals surface area contributed by atoms with Crippen LogP contribution in [0.2, 0.25) is 0 Å². The molecule has 2 aromatic rings. The number of phenolic OH excluding ortho intramolecular Hbond substituents is 1. The second-order valence-corrected chi connectivity index (χ2v) is 2.79. The second-order valence-electron chi connectivity index (χ2n) is 2.79. The highest BCUT2D eigenvalue weighted by molar-refractivity contribution is 6.33. The van der Waals surface area contributed by atoms with Crippen LogP contribution in [0.5, 0.6) is 5.75 Å². The monoisotopic (exact) mass is 154 g/mol. The van der Waals surface area contributed by atoms with Gasteiger partial charge in [-0.15, -0.1) is 0 Å². The molecule has 2 radical (unpaired) electrons. The number of aromatic hydroxyl groups is 1. The zero-order valence-electron chi connectivity index (χ0n) is 6.49. The van der Waals surface area contributed by atoms with Gasteiger partial charge in [-0.25, -0.2) is 0 Å².